The van der Waals surface area contributed by atoms with Crippen molar-refractivity contribution in [2.75, 3.05) is 14.1 Å². The van der Waals surface area contributed by atoms with Crippen LogP contribution in [-0.2, 0) is 4.79 Å². The van der Waals surface area contributed by atoms with Crippen LogP contribution in [0.4, 0.5) is 0 Å². The van der Waals surface area contributed by atoms with E-state index < -0.39 is 0 Å². The van der Waals surface area contributed by atoms with Gasteiger partial charge in [0.15, 0.2) is 5.11 Å². The molecular weight excluding hydrogens is 346 g/mol. The average molecular weight is 360 g/mol. The van der Waals surface area contributed by atoms with Gasteiger partial charge in [0, 0.05) is 24.7 Å². The highest BCUT2D eigenvalue weighted by atomic mass is 79.9. The van der Waals surface area contributed by atoms with Gasteiger partial charge in [-0.25, -0.2) is 0 Å². The molecule has 1 amide bonds. The quantitative estimate of drug-likeness (QED) is 0.795. The Labute approximate surface area is 130 Å². The van der Waals surface area contributed by atoms with Crippen molar-refractivity contribution in [1.82, 2.24) is 15.5 Å². The zero-order chi connectivity index (χ0) is 14.2. The molecule has 2 heterocycles. The van der Waals surface area contributed by atoms with Crippen molar-refractivity contribution in [2.45, 2.75) is 13.0 Å². The van der Waals surface area contributed by atoms with Crippen LogP contribution >= 0.6 is 39.5 Å². The maximum absolute atomic E-state index is 12.3. The third kappa shape index (κ3) is 2.98. The standard InChI is InChI=1S/C12H14BrN3OS2/c1-6-9(11(17)16(2)3)10(15-12(18)14-6)7-4-5-8(13)19-7/h4-5,10H,1-3H3,(H2,14,15,18). The summed E-state index contributed by atoms with van der Waals surface area (Å²) in [6, 6.07) is 3.77. The Morgan fingerprint density at radius 3 is 2.68 bits per heavy atom. The molecule has 1 atom stereocenters. The lowest BCUT2D eigenvalue weighted by Gasteiger charge is -2.30. The lowest BCUT2D eigenvalue weighted by Crippen LogP contribution is -2.46. The molecule has 4 nitrogen and oxygen atoms in total. The second-order valence-corrected chi connectivity index (χ2v) is 7.31. The molecule has 0 spiro atoms. The SMILES string of the molecule is CC1=C(C(=O)N(C)C)C(c2ccc(Br)s2)NC(=S)N1. The predicted octanol–water partition coefficient (Wildman–Crippen LogP) is 2.39. The second kappa shape index (κ2) is 5.60. The minimum absolute atomic E-state index is 0.0190. The summed E-state index contributed by atoms with van der Waals surface area (Å²) in [5, 5.41) is 6.73. The number of likely N-dealkylation sites (N-methyl/N-ethyl adjacent to an activating group) is 1. The molecular formula is C12H14BrN3OS2. The van der Waals surface area contributed by atoms with Crippen LogP contribution < -0.4 is 10.6 Å². The van der Waals surface area contributed by atoms with Gasteiger partial charge in [-0.2, -0.15) is 0 Å². The van der Waals surface area contributed by atoms with E-state index in [2.05, 4.69) is 26.6 Å². The normalized spacial score (nSPS) is 18.9. The Hall–Kier alpha value is -0.920. The van der Waals surface area contributed by atoms with E-state index in [0.29, 0.717) is 10.7 Å². The fraction of sp³-hybridized carbons (Fsp3) is 0.333. The molecule has 0 saturated carbocycles. The molecule has 1 aromatic heterocycles. The fourth-order valence-electron chi connectivity index (χ4n) is 1.92. The van der Waals surface area contributed by atoms with Crippen molar-refractivity contribution in [1.29, 1.82) is 0 Å². The first-order valence-electron chi connectivity index (χ1n) is 5.65. The van der Waals surface area contributed by atoms with Crippen LogP contribution in [0, 0.1) is 0 Å². The maximum atomic E-state index is 12.3. The van der Waals surface area contributed by atoms with E-state index in [-0.39, 0.29) is 11.9 Å². The van der Waals surface area contributed by atoms with E-state index in [1.807, 2.05) is 19.1 Å². The number of rotatable bonds is 2. The molecule has 0 fully saturated rings. The van der Waals surface area contributed by atoms with Crippen LogP contribution in [0.5, 0.6) is 0 Å². The second-order valence-electron chi connectivity index (χ2n) is 4.41. The van der Waals surface area contributed by atoms with Gasteiger partial charge >= 0.3 is 0 Å². The number of thiophene rings is 1. The first-order valence-corrected chi connectivity index (χ1v) is 7.67. The number of thiocarbonyl (C=S) groups is 1. The number of hydrogen-bond acceptors (Lipinski definition) is 3. The molecule has 0 aliphatic carbocycles. The Balaban J connectivity index is 2.46. The maximum Gasteiger partial charge on any atom is 0.253 e. The molecule has 1 aliphatic heterocycles. The van der Waals surface area contributed by atoms with Crippen molar-refractivity contribution in [3.63, 3.8) is 0 Å². The number of carbonyl (C=O) groups excluding carboxylic acids is 1. The number of halogens is 1. The average Bonchev–Trinajstić information content (AvgIpc) is 2.74. The number of hydrogen-bond donors (Lipinski definition) is 2. The molecule has 0 saturated heterocycles. The molecule has 19 heavy (non-hydrogen) atoms. The van der Waals surface area contributed by atoms with Gasteiger partial charge in [0.25, 0.3) is 5.91 Å². The monoisotopic (exact) mass is 359 g/mol. The topological polar surface area (TPSA) is 44.4 Å². The van der Waals surface area contributed by atoms with Crippen LogP contribution in [0.1, 0.15) is 17.8 Å². The largest absolute Gasteiger partial charge is 0.350 e. The van der Waals surface area contributed by atoms with Crippen molar-refractivity contribution in [3.8, 4) is 0 Å². The summed E-state index contributed by atoms with van der Waals surface area (Å²) >= 11 is 10.2. The smallest absolute Gasteiger partial charge is 0.253 e. The van der Waals surface area contributed by atoms with E-state index >= 15 is 0 Å². The Morgan fingerprint density at radius 2 is 2.16 bits per heavy atom. The molecule has 1 aromatic rings. The molecule has 2 N–H and O–H groups in total. The third-order valence-corrected chi connectivity index (χ3v) is 4.69. The predicted molar refractivity (Wildman–Crippen MR) is 85.0 cm³/mol. The van der Waals surface area contributed by atoms with E-state index in [1.165, 1.54) is 0 Å². The zero-order valence-electron chi connectivity index (χ0n) is 10.8. The van der Waals surface area contributed by atoms with Gasteiger partial charge in [-0.3, -0.25) is 4.79 Å². The summed E-state index contributed by atoms with van der Waals surface area (Å²) in [5.74, 6) is -0.0190. The van der Waals surface area contributed by atoms with E-state index in [1.54, 1.807) is 30.3 Å². The summed E-state index contributed by atoms with van der Waals surface area (Å²) in [6.45, 7) is 1.87. The summed E-state index contributed by atoms with van der Waals surface area (Å²) in [4.78, 5) is 15.0. The van der Waals surface area contributed by atoms with E-state index in [0.717, 1.165) is 14.4 Å². The highest BCUT2D eigenvalue weighted by Crippen LogP contribution is 2.34. The van der Waals surface area contributed by atoms with Crippen molar-refractivity contribution < 1.29 is 4.79 Å². The van der Waals surface area contributed by atoms with Crippen molar-refractivity contribution in [3.05, 3.63) is 32.1 Å². The number of nitrogens with zero attached hydrogens (tertiary/aromatic N) is 1. The minimum atomic E-state index is -0.194. The molecule has 102 valence electrons. The summed E-state index contributed by atoms with van der Waals surface area (Å²) < 4.78 is 1.03. The first kappa shape index (κ1) is 14.5. The van der Waals surface area contributed by atoms with Crippen LogP contribution in [0.25, 0.3) is 0 Å². The summed E-state index contributed by atoms with van der Waals surface area (Å²) in [7, 11) is 3.49. The molecule has 2 rings (SSSR count). The number of carbonyl (C=O) groups is 1. The fourth-order valence-corrected chi connectivity index (χ4v) is 3.67. The van der Waals surface area contributed by atoms with Gasteiger partial charge in [-0.1, -0.05) is 0 Å². The Kier molecular flexibility index (Phi) is 4.27. The van der Waals surface area contributed by atoms with Gasteiger partial charge in [0.2, 0.25) is 0 Å². The van der Waals surface area contributed by atoms with Gasteiger partial charge in [-0.05, 0) is 47.2 Å². The van der Waals surface area contributed by atoms with Gasteiger partial charge < -0.3 is 15.5 Å². The lowest BCUT2D eigenvalue weighted by atomic mass is 10.0. The molecule has 7 heteroatoms. The van der Waals surface area contributed by atoms with Gasteiger partial charge in [0.05, 0.1) is 15.4 Å². The first-order chi connectivity index (χ1) is 8.90. The molecule has 0 aromatic carbocycles. The highest BCUT2D eigenvalue weighted by molar-refractivity contribution is 9.11. The summed E-state index contributed by atoms with van der Waals surface area (Å²) in [5.41, 5.74) is 1.50. The van der Waals surface area contributed by atoms with Gasteiger partial charge in [-0.15, -0.1) is 11.3 Å². The van der Waals surface area contributed by atoms with Crippen LogP contribution in [-0.4, -0.2) is 30.0 Å². The molecule has 1 unspecified atom stereocenters. The van der Waals surface area contributed by atoms with E-state index in [4.69, 9.17) is 12.2 Å². The molecule has 1 aliphatic rings. The highest BCUT2D eigenvalue weighted by Gasteiger charge is 2.31. The van der Waals surface area contributed by atoms with Crippen LogP contribution in [0.2, 0.25) is 0 Å². The van der Waals surface area contributed by atoms with Crippen molar-refractivity contribution >= 4 is 50.5 Å². The Bertz CT molecular complexity index is 565. The zero-order valence-corrected chi connectivity index (χ0v) is 14.0. The van der Waals surface area contributed by atoms with Crippen LogP contribution in [0.15, 0.2) is 27.2 Å². The van der Waals surface area contributed by atoms with Crippen molar-refractivity contribution in [2.24, 2.45) is 0 Å². The summed E-state index contributed by atoms with van der Waals surface area (Å²) in [6.07, 6.45) is 0. The third-order valence-electron chi connectivity index (χ3n) is 2.78. The lowest BCUT2D eigenvalue weighted by molar-refractivity contribution is -0.125. The van der Waals surface area contributed by atoms with Crippen LogP contribution in [0.3, 0.4) is 0 Å². The number of amides is 1. The number of nitrogens with one attached hydrogen (secondary N) is 2. The molecule has 0 radical (unpaired) electrons. The number of allylic oxidation sites excluding steroid dienone is 1. The molecule has 0 bridgehead atoms. The van der Waals surface area contributed by atoms with Gasteiger partial charge in [0.1, 0.15) is 0 Å². The van der Waals surface area contributed by atoms with E-state index in [9.17, 15) is 4.79 Å². The minimum Gasteiger partial charge on any atom is -0.350 e. The Morgan fingerprint density at radius 1 is 1.47 bits per heavy atom.